The van der Waals surface area contributed by atoms with E-state index in [2.05, 4.69) is 62.4 Å². The van der Waals surface area contributed by atoms with Gasteiger partial charge >= 0.3 is 0 Å². The molecular formula is C22H22O2. The van der Waals surface area contributed by atoms with E-state index in [1.807, 2.05) is 24.3 Å². The number of hydrogen-bond donors (Lipinski definition) is 1. The molecule has 0 aliphatic heterocycles. The molecule has 122 valence electrons. The Morgan fingerprint density at radius 2 is 1.21 bits per heavy atom. The van der Waals surface area contributed by atoms with Crippen LogP contribution >= 0.6 is 0 Å². The van der Waals surface area contributed by atoms with Crippen molar-refractivity contribution < 1.29 is 10.1 Å². The molecule has 0 saturated carbocycles. The second kappa shape index (κ2) is 7.43. The highest BCUT2D eigenvalue weighted by Crippen LogP contribution is 2.28. The highest BCUT2D eigenvalue weighted by molar-refractivity contribution is 5.64. The molecule has 3 aromatic carbocycles. The molecule has 0 heterocycles. The van der Waals surface area contributed by atoms with E-state index < -0.39 is 6.10 Å². The molecule has 1 atom stereocenters. The van der Waals surface area contributed by atoms with Gasteiger partial charge in [0.15, 0.2) is 0 Å². The van der Waals surface area contributed by atoms with Crippen molar-refractivity contribution in [3.63, 3.8) is 0 Å². The van der Waals surface area contributed by atoms with Crippen molar-refractivity contribution in [3.8, 4) is 11.1 Å². The lowest BCUT2D eigenvalue weighted by molar-refractivity contribution is -0.270. The van der Waals surface area contributed by atoms with Gasteiger partial charge in [0.05, 0.1) is 0 Å². The fourth-order valence-corrected chi connectivity index (χ4v) is 2.84. The highest BCUT2D eigenvalue weighted by Gasteiger charge is 2.15. The molecule has 0 saturated heterocycles. The van der Waals surface area contributed by atoms with Crippen molar-refractivity contribution in [1.29, 1.82) is 0 Å². The fraction of sp³-hybridized carbons (Fsp3) is 0.182. The zero-order valence-electron chi connectivity index (χ0n) is 14.1. The zero-order chi connectivity index (χ0) is 16.9. The van der Waals surface area contributed by atoms with E-state index in [9.17, 15) is 5.26 Å². The van der Waals surface area contributed by atoms with Crippen LogP contribution in [0.2, 0.25) is 0 Å². The third-order valence-corrected chi connectivity index (χ3v) is 4.39. The van der Waals surface area contributed by atoms with Gasteiger partial charge < -0.3 is 0 Å². The number of rotatable bonds is 5. The molecule has 0 aromatic heterocycles. The van der Waals surface area contributed by atoms with Gasteiger partial charge in [0.25, 0.3) is 0 Å². The van der Waals surface area contributed by atoms with Crippen LogP contribution in [0.1, 0.15) is 35.3 Å². The van der Waals surface area contributed by atoms with E-state index in [1.54, 1.807) is 0 Å². The molecule has 1 N–H and O–H groups in total. The first-order valence-corrected chi connectivity index (χ1v) is 8.27. The van der Waals surface area contributed by atoms with E-state index >= 15 is 0 Å². The third-order valence-electron chi connectivity index (χ3n) is 4.39. The average Bonchev–Trinajstić information content (AvgIpc) is 2.64. The van der Waals surface area contributed by atoms with Crippen molar-refractivity contribution >= 4 is 0 Å². The average molecular weight is 318 g/mol. The first kappa shape index (κ1) is 16.4. The second-order valence-electron chi connectivity index (χ2n) is 6.07. The lowest BCUT2D eigenvalue weighted by atomic mass is 9.97. The maximum Gasteiger partial charge on any atom is 0.143 e. The van der Waals surface area contributed by atoms with Gasteiger partial charge in [0.1, 0.15) is 6.10 Å². The Balaban J connectivity index is 1.85. The van der Waals surface area contributed by atoms with E-state index in [4.69, 9.17) is 4.89 Å². The maximum atomic E-state index is 9.38. The summed E-state index contributed by atoms with van der Waals surface area (Å²) in [4.78, 5) is 4.76. The molecule has 3 aromatic rings. The smallest absolute Gasteiger partial charge is 0.143 e. The Kier molecular flexibility index (Phi) is 5.09. The minimum atomic E-state index is -0.469. The van der Waals surface area contributed by atoms with Crippen LogP contribution in [0.15, 0.2) is 72.8 Å². The molecule has 0 radical (unpaired) electrons. The van der Waals surface area contributed by atoms with E-state index in [-0.39, 0.29) is 0 Å². The Morgan fingerprint density at radius 3 is 1.67 bits per heavy atom. The van der Waals surface area contributed by atoms with Crippen molar-refractivity contribution in [1.82, 2.24) is 0 Å². The lowest BCUT2D eigenvalue weighted by Crippen LogP contribution is -2.04. The Labute approximate surface area is 143 Å². The molecule has 24 heavy (non-hydrogen) atoms. The van der Waals surface area contributed by atoms with Gasteiger partial charge in [0.2, 0.25) is 0 Å². The second-order valence-corrected chi connectivity index (χ2v) is 6.07. The first-order chi connectivity index (χ1) is 11.7. The summed E-state index contributed by atoms with van der Waals surface area (Å²) >= 11 is 0. The van der Waals surface area contributed by atoms with Gasteiger partial charge in [0, 0.05) is 0 Å². The largest absolute Gasteiger partial charge is 0.251 e. The first-order valence-electron chi connectivity index (χ1n) is 8.27. The van der Waals surface area contributed by atoms with Crippen molar-refractivity contribution in [2.75, 3.05) is 0 Å². The molecule has 0 spiro atoms. The predicted octanol–water partition coefficient (Wildman–Crippen LogP) is 5.80. The summed E-state index contributed by atoms with van der Waals surface area (Å²) in [6.07, 6.45) is 0.527. The van der Waals surface area contributed by atoms with Gasteiger partial charge in [-0.25, -0.2) is 4.89 Å². The minimum absolute atomic E-state index is 0.469. The lowest BCUT2D eigenvalue weighted by Gasteiger charge is -2.15. The van der Waals surface area contributed by atoms with E-state index in [1.165, 1.54) is 16.7 Å². The van der Waals surface area contributed by atoms with Crippen molar-refractivity contribution in [3.05, 3.63) is 95.1 Å². The molecule has 0 aliphatic carbocycles. The quantitative estimate of drug-likeness (QED) is 0.475. The van der Waals surface area contributed by atoms with Crippen LogP contribution in [0, 0.1) is 6.92 Å². The summed E-state index contributed by atoms with van der Waals surface area (Å²) in [5.74, 6) is 0. The zero-order valence-corrected chi connectivity index (χ0v) is 14.1. The topological polar surface area (TPSA) is 29.5 Å². The molecule has 2 heteroatoms. The maximum absolute atomic E-state index is 9.38. The van der Waals surface area contributed by atoms with Crippen LogP contribution in [0.5, 0.6) is 0 Å². The van der Waals surface area contributed by atoms with Gasteiger partial charge in [-0.2, -0.15) is 0 Å². The molecule has 0 fully saturated rings. The van der Waals surface area contributed by atoms with Crippen molar-refractivity contribution in [2.24, 2.45) is 0 Å². The third kappa shape index (κ3) is 3.56. The molecule has 1 unspecified atom stereocenters. The standard InChI is InChI=1S/C22H22O2/c1-3-17-6-10-20(11-7-17)22(24-23)21-14-12-19(13-15-21)18-8-4-16(2)5-9-18/h4-15,22-23H,3H2,1-2H3. The molecule has 2 nitrogen and oxygen atoms in total. The van der Waals surface area contributed by atoms with Crippen LogP contribution in [-0.2, 0) is 11.3 Å². The van der Waals surface area contributed by atoms with Crippen LogP contribution in [0.25, 0.3) is 11.1 Å². The molecular weight excluding hydrogens is 296 g/mol. The van der Waals surface area contributed by atoms with Gasteiger partial charge in [-0.3, -0.25) is 5.26 Å². The fourth-order valence-electron chi connectivity index (χ4n) is 2.84. The Morgan fingerprint density at radius 1 is 0.750 bits per heavy atom. The summed E-state index contributed by atoms with van der Waals surface area (Å²) in [6, 6.07) is 24.7. The van der Waals surface area contributed by atoms with Gasteiger partial charge in [-0.05, 0) is 41.2 Å². The Hall–Kier alpha value is -2.42. The van der Waals surface area contributed by atoms with Crippen LogP contribution in [0.4, 0.5) is 0 Å². The van der Waals surface area contributed by atoms with Crippen LogP contribution < -0.4 is 0 Å². The number of hydrogen-bond acceptors (Lipinski definition) is 2. The van der Waals surface area contributed by atoms with Crippen LogP contribution in [0.3, 0.4) is 0 Å². The number of benzene rings is 3. The molecule has 0 amide bonds. The summed E-state index contributed by atoms with van der Waals surface area (Å²) in [5.41, 5.74) is 6.72. The minimum Gasteiger partial charge on any atom is -0.251 e. The highest BCUT2D eigenvalue weighted by atomic mass is 17.1. The molecule has 0 bridgehead atoms. The number of aryl methyl sites for hydroxylation is 2. The van der Waals surface area contributed by atoms with E-state index in [0.29, 0.717) is 0 Å². The Bertz CT molecular complexity index is 772. The normalized spacial score (nSPS) is 12.1. The van der Waals surface area contributed by atoms with Gasteiger partial charge in [-0.1, -0.05) is 85.3 Å². The SMILES string of the molecule is CCc1ccc(C(OO)c2ccc(-c3ccc(C)cc3)cc2)cc1. The van der Waals surface area contributed by atoms with Gasteiger partial charge in [-0.15, -0.1) is 0 Å². The van der Waals surface area contributed by atoms with Crippen molar-refractivity contribution in [2.45, 2.75) is 26.4 Å². The van der Waals surface area contributed by atoms with E-state index in [0.717, 1.165) is 23.1 Å². The molecule has 3 rings (SSSR count). The monoisotopic (exact) mass is 318 g/mol. The predicted molar refractivity (Wildman–Crippen MR) is 98.0 cm³/mol. The summed E-state index contributed by atoms with van der Waals surface area (Å²) in [5, 5.41) is 9.38. The van der Waals surface area contributed by atoms with Crippen LogP contribution in [-0.4, -0.2) is 5.26 Å². The molecule has 0 aliphatic rings. The summed E-state index contributed by atoms with van der Waals surface area (Å²) in [6.45, 7) is 4.21. The summed E-state index contributed by atoms with van der Waals surface area (Å²) < 4.78 is 0. The summed E-state index contributed by atoms with van der Waals surface area (Å²) in [7, 11) is 0.